The van der Waals surface area contributed by atoms with Gasteiger partial charge < -0.3 is 4.74 Å². The van der Waals surface area contributed by atoms with E-state index in [1.807, 2.05) is 0 Å². The lowest BCUT2D eigenvalue weighted by Crippen LogP contribution is -2.20. The van der Waals surface area contributed by atoms with Gasteiger partial charge in [-0.25, -0.2) is 13.5 Å². The Morgan fingerprint density at radius 3 is 2.21 bits per heavy atom. The van der Waals surface area contributed by atoms with Crippen molar-refractivity contribution in [3.63, 3.8) is 0 Å². The first-order valence-electron chi connectivity index (χ1n) is 8.37. The van der Waals surface area contributed by atoms with Gasteiger partial charge in [-0.3, -0.25) is 19.7 Å². The monoisotopic (exact) mass is 385 g/mol. The van der Waals surface area contributed by atoms with Gasteiger partial charge in [-0.1, -0.05) is 0 Å². The molecule has 0 aliphatic heterocycles. The molecule has 0 atom stereocenters. The third kappa shape index (κ3) is 4.06. The van der Waals surface area contributed by atoms with Crippen LogP contribution in [0.5, 0.6) is 0 Å². The zero-order chi connectivity index (χ0) is 20.3. The molecule has 0 unspecified atom stereocenters. The number of rotatable bonds is 5. The Bertz CT molecular complexity index is 1080. The number of nitrogens with one attached hydrogen (secondary N) is 1. The fourth-order valence-electron chi connectivity index (χ4n) is 2.74. The number of aromatic amines is 1. The van der Waals surface area contributed by atoms with E-state index in [9.17, 15) is 18.4 Å². The molecule has 1 N–H and O–H groups in total. The SMILES string of the molecule is COC(=O)Cc1[nH]n(-c2ccc(F)cc2)c(=O)c1C(C)=Nc1ccc(F)cc1. The van der Waals surface area contributed by atoms with Crippen molar-refractivity contribution in [2.75, 3.05) is 7.11 Å². The summed E-state index contributed by atoms with van der Waals surface area (Å²) in [4.78, 5) is 29.1. The summed E-state index contributed by atoms with van der Waals surface area (Å²) in [6, 6.07) is 10.8. The van der Waals surface area contributed by atoms with Crippen molar-refractivity contribution in [2.45, 2.75) is 13.3 Å². The molecule has 0 saturated heterocycles. The highest BCUT2D eigenvalue weighted by Gasteiger charge is 2.20. The van der Waals surface area contributed by atoms with E-state index in [-0.39, 0.29) is 12.0 Å². The lowest BCUT2D eigenvalue weighted by atomic mass is 10.1. The minimum absolute atomic E-state index is 0.175. The van der Waals surface area contributed by atoms with Gasteiger partial charge in [-0.15, -0.1) is 0 Å². The highest BCUT2D eigenvalue weighted by Crippen LogP contribution is 2.16. The Kier molecular flexibility index (Phi) is 5.49. The maximum Gasteiger partial charge on any atom is 0.311 e. The fourth-order valence-corrected chi connectivity index (χ4v) is 2.74. The van der Waals surface area contributed by atoms with E-state index in [4.69, 9.17) is 0 Å². The maximum atomic E-state index is 13.2. The molecule has 1 aromatic heterocycles. The molecule has 0 bridgehead atoms. The highest BCUT2D eigenvalue weighted by molar-refractivity contribution is 6.01. The van der Waals surface area contributed by atoms with Gasteiger partial charge in [-0.05, 0) is 55.5 Å². The molecule has 6 nitrogen and oxygen atoms in total. The third-order valence-corrected chi connectivity index (χ3v) is 4.08. The predicted octanol–water partition coefficient (Wildman–Crippen LogP) is 3.30. The Labute approximate surface area is 159 Å². The number of hydrogen-bond acceptors (Lipinski definition) is 4. The van der Waals surface area contributed by atoms with Crippen molar-refractivity contribution in [2.24, 2.45) is 4.99 Å². The maximum absolute atomic E-state index is 13.2. The number of H-pyrrole nitrogens is 1. The van der Waals surface area contributed by atoms with E-state index < -0.39 is 23.2 Å². The van der Waals surface area contributed by atoms with Crippen LogP contribution >= 0.6 is 0 Å². The van der Waals surface area contributed by atoms with Crippen LogP contribution in [0.4, 0.5) is 14.5 Å². The van der Waals surface area contributed by atoms with Crippen molar-refractivity contribution in [3.05, 3.63) is 81.8 Å². The summed E-state index contributed by atoms with van der Waals surface area (Å²) in [5, 5.41) is 2.87. The van der Waals surface area contributed by atoms with Gasteiger partial charge in [0, 0.05) is 0 Å². The van der Waals surface area contributed by atoms with Gasteiger partial charge in [0.25, 0.3) is 5.56 Å². The van der Waals surface area contributed by atoms with Crippen LogP contribution in [0.1, 0.15) is 18.2 Å². The van der Waals surface area contributed by atoms with E-state index in [0.29, 0.717) is 22.8 Å². The second-order valence-electron chi connectivity index (χ2n) is 6.01. The summed E-state index contributed by atoms with van der Waals surface area (Å²) >= 11 is 0. The minimum Gasteiger partial charge on any atom is -0.469 e. The molecule has 8 heteroatoms. The molecule has 0 aliphatic carbocycles. The molecule has 0 spiro atoms. The minimum atomic E-state index is -0.539. The van der Waals surface area contributed by atoms with Crippen LogP contribution < -0.4 is 5.56 Å². The molecule has 144 valence electrons. The Morgan fingerprint density at radius 1 is 1.07 bits per heavy atom. The smallest absolute Gasteiger partial charge is 0.311 e. The lowest BCUT2D eigenvalue weighted by Gasteiger charge is -2.02. The molecular formula is C20H17F2N3O3. The second-order valence-corrected chi connectivity index (χ2v) is 6.01. The summed E-state index contributed by atoms with van der Waals surface area (Å²) < 4.78 is 32.2. The normalized spacial score (nSPS) is 11.5. The largest absolute Gasteiger partial charge is 0.469 e. The van der Waals surface area contributed by atoms with Gasteiger partial charge in [-0.2, -0.15) is 0 Å². The summed E-state index contributed by atoms with van der Waals surface area (Å²) in [6.45, 7) is 1.61. The quantitative estimate of drug-likeness (QED) is 0.541. The van der Waals surface area contributed by atoms with Crippen molar-refractivity contribution >= 4 is 17.4 Å². The number of carbonyl (C=O) groups is 1. The number of hydrogen-bond donors (Lipinski definition) is 1. The number of halogens is 2. The molecule has 2 aromatic carbocycles. The average molecular weight is 385 g/mol. The summed E-state index contributed by atoms with van der Waals surface area (Å²) in [6.07, 6.45) is -0.175. The Morgan fingerprint density at radius 2 is 1.64 bits per heavy atom. The number of carbonyl (C=O) groups excluding carboxylic acids is 1. The summed E-state index contributed by atoms with van der Waals surface area (Å²) in [5.74, 6) is -1.38. The lowest BCUT2D eigenvalue weighted by molar-refractivity contribution is -0.139. The van der Waals surface area contributed by atoms with Crippen LogP contribution in [0.2, 0.25) is 0 Å². The first-order chi connectivity index (χ1) is 13.4. The molecule has 0 amide bonds. The number of methoxy groups -OCH3 is 1. The summed E-state index contributed by atoms with van der Waals surface area (Å²) in [7, 11) is 1.25. The molecule has 0 fully saturated rings. The summed E-state index contributed by atoms with van der Waals surface area (Å²) in [5.41, 5.74) is 1.25. The first-order valence-corrected chi connectivity index (χ1v) is 8.37. The number of esters is 1. The van der Waals surface area contributed by atoms with Crippen LogP contribution in [0.3, 0.4) is 0 Å². The van der Waals surface area contributed by atoms with Crippen LogP contribution in [-0.4, -0.2) is 28.6 Å². The van der Waals surface area contributed by atoms with E-state index in [0.717, 1.165) is 0 Å². The van der Waals surface area contributed by atoms with Crippen molar-refractivity contribution in [1.82, 2.24) is 9.78 Å². The second kappa shape index (κ2) is 7.99. The van der Waals surface area contributed by atoms with Gasteiger partial charge in [0.2, 0.25) is 0 Å². The number of ether oxygens (including phenoxy) is 1. The van der Waals surface area contributed by atoms with Crippen LogP contribution in [0.25, 0.3) is 5.69 Å². The number of aliphatic imine (C=N–C) groups is 1. The topological polar surface area (TPSA) is 76.5 Å². The van der Waals surface area contributed by atoms with E-state index in [1.54, 1.807) is 6.92 Å². The predicted molar refractivity (Wildman–Crippen MR) is 100 cm³/mol. The molecule has 1 heterocycles. The van der Waals surface area contributed by atoms with E-state index >= 15 is 0 Å². The van der Waals surface area contributed by atoms with E-state index in [1.165, 1.54) is 60.3 Å². The molecular weight excluding hydrogens is 368 g/mol. The van der Waals surface area contributed by atoms with Crippen molar-refractivity contribution in [1.29, 1.82) is 0 Å². The van der Waals surface area contributed by atoms with Gasteiger partial charge in [0.05, 0.1) is 41.9 Å². The third-order valence-electron chi connectivity index (χ3n) is 4.08. The van der Waals surface area contributed by atoms with Crippen LogP contribution in [0.15, 0.2) is 58.3 Å². The fraction of sp³-hybridized carbons (Fsp3) is 0.150. The first kappa shape index (κ1) is 19.2. The van der Waals surface area contributed by atoms with Crippen molar-refractivity contribution < 1.29 is 18.3 Å². The van der Waals surface area contributed by atoms with Crippen molar-refractivity contribution in [3.8, 4) is 5.69 Å². The van der Waals surface area contributed by atoms with E-state index in [2.05, 4.69) is 14.8 Å². The van der Waals surface area contributed by atoms with Gasteiger partial charge in [0.15, 0.2) is 0 Å². The Hall–Kier alpha value is -3.55. The molecule has 0 saturated carbocycles. The number of benzene rings is 2. The molecule has 28 heavy (non-hydrogen) atoms. The molecule has 3 rings (SSSR count). The molecule has 0 aliphatic rings. The average Bonchev–Trinajstić information content (AvgIpc) is 3.00. The standard InChI is InChI=1S/C20H17F2N3O3/c1-12(23-15-7-3-13(21)4-8-15)19-17(11-18(26)28-2)24-25(20(19)27)16-9-5-14(22)6-10-16/h3-10,24H,11H2,1-2H3. The number of aromatic nitrogens is 2. The molecule has 0 radical (unpaired) electrons. The molecule has 3 aromatic rings. The zero-order valence-electron chi connectivity index (χ0n) is 15.2. The Balaban J connectivity index is 2.11. The van der Waals surface area contributed by atoms with Crippen LogP contribution in [0, 0.1) is 11.6 Å². The zero-order valence-corrected chi connectivity index (χ0v) is 15.2. The van der Waals surface area contributed by atoms with Crippen LogP contribution in [-0.2, 0) is 16.0 Å². The number of nitrogens with zero attached hydrogens (tertiary/aromatic N) is 2. The van der Waals surface area contributed by atoms with Gasteiger partial charge in [0.1, 0.15) is 11.6 Å². The van der Waals surface area contributed by atoms with Gasteiger partial charge >= 0.3 is 5.97 Å². The highest BCUT2D eigenvalue weighted by atomic mass is 19.1.